The molecule has 144 valence electrons. The highest BCUT2D eigenvalue weighted by atomic mass is 79.9. The summed E-state index contributed by atoms with van der Waals surface area (Å²) in [6.45, 7) is 3.12. The summed E-state index contributed by atoms with van der Waals surface area (Å²) in [6.07, 6.45) is 0. The first-order valence-electron chi connectivity index (χ1n) is 8.57. The zero-order chi connectivity index (χ0) is 20.1. The fourth-order valence-electron chi connectivity index (χ4n) is 2.60. The van der Waals surface area contributed by atoms with Crippen LogP contribution in [0.3, 0.4) is 0 Å². The Kier molecular flexibility index (Phi) is 6.70. The molecular formula is C21H18Br2N2O3. The number of hydrogen-bond donors (Lipinski definition) is 1. The van der Waals surface area contributed by atoms with Crippen LogP contribution in [0.5, 0.6) is 5.75 Å². The van der Waals surface area contributed by atoms with E-state index in [1.807, 2.05) is 12.1 Å². The van der Waals surface area contributed by atoms with Gasteiger partial charge in [0.1, 0.15) is 12.4 Å². The maximum Gasteiger partial charge on any atom is 0.269 e. The predicted octanol–water partition coefficient (Wildman–Crippen LogP) is 6.62. The van der Waals surface area contributed by atoms with E-state index in [0.717, 1.165) is 31.5 Å². The first kappa shape index (κ1) is 20.4. The summed E-state index contributed by atoms with van der Waals surface area (Å²) in [5.41, 5.74) is 4.26. The number of rotatable bonds is 7. The van der Waals surface area contributed by atoms with Crippen molar-refractivity contribution >= 4 is 43.2 Å². The predicted molar refractivity (Wildman–Crippen MR) is 118 cm³/mol. The van der Waals surface area contributed by atoms with E-state index < -0.39 is 4.92 Å². The fourth-order valence-corrected chi connectivity index (χ4v) is 4.11. The monoisotopic (exact) mass is 504 g/mol. The molecule has 0 saturated heterocycles. The van der Waals surface area contributed by atoms with Gasteiger partial charge in [-0.05, 0) is 74.2 Å². The summed E-state index contributed by atoms with van der Waals surface area (Å²) < 4.78 is 7.68. The Bertz CT molecular complexity index is 951. The second-order valence-electron chi connectivity index (χ2n) is 6.32. The molecule has 0 aliphatic heterocycles. The van der Waals surface area contributed by atoms with Gasteiger partial charge in [-0.2, -0.15) is 0 Å². The fraction of sp³-hybridized carbons (Fsp3) is 0.143. The highest BCUT2D eigenvalue weighted by Gasteiger charge is 2.10. The van der Waals surface area contributed by atoms with Gasteiger partial charge in [0.05, 0.1) is 13.9 Å². The van der Waals surface area contributed by atoms with Crippen molar-refractivity contribution in [1.29, 1.82) is 0 Å². The van der Waals surface area contributed by atoms with E-state index >= 15 is 0 Å². The van der Waals surface area contributed by atoms with Crippen LogP contribution in [0.25, 0.3) is 0 Å². The molecule has 3 aromatic rings. The van der Waals surface area contributed by atoms with Crippen molar-refractivity contribution < 1.29 is 9.66 Å². The molecule has 7 heteroatoms. The second-order valence-corrected chi connectivity index (χ2v) is 8.03. The molecule has 1 N–H and O–H groups in total. The second kappa shape index (κ2) is 9.21. The van der Waals surface area contributed by atoms with Gasteiger partial charge < -0.3 is 10.1 Å². The third-order valence-electron chi connectivity index (χ3n) is 4.14. The Morgan fingerprint density at radius 3 is 2.14 bits per heavy atom. The average Bonchev–Trinajstić information content (AvgIpc) is 2.67. The first-order valence-corrected chi connectivity index (χ1v) is 10.2. The van der Waals surface area contributed by atoms with E-state index in [2.05, 4.69) is 68.4 Å². The molecule has 0 spiro atoms. The number of aryl methyl sites for hydroxylation is 1. The van der Waals surface area contributed by atoms with Crippen LogP contribution in [0.4, 0.5) is 11.4 Å². The molecule has 0 fully saturated rings. The first-order chi connectivity index (χ1) is 13.4. The van der Waals surface area contributed by atoms with E-state index in [0.29, 0.717) is 13.2 Å². The molecule has 0 unspecified atom stereocenters. The summed E-state index contributed by atoms with van der Waals surface area (Å²) >= 11 is 7.15. The summed E-state index contributed by atoms with van der Waals surface area (Å²) in [4.78, 5) is 10.3. The van der Waals surface area contributed by atoms with Crippen LogP contribution >= 0.6 is 31.9 Å². The van der Waals surface area contributed by atoms with Crippen molar-refractivity contribution in [3.05, 3.63) is 96.4 Å². The third kappa shape index (κ3) is 5.33. The number of nitro benzene ring substituents is 1. The molecule has 5 nitrogen and oxygen atoms in total. The molecule has 0 atom stereocenters. The van der Waals surface area contributed by atoms with Crippen LogP contribution in [0.2, 0.25) is 0 Å². The number of nitro groups is 1. The van der Waals surface area contributed by atoms with Crippen molar-refractivity contribution in [1.82, 2.24) is 0 Å². The molecule has 0 saturated carbocycles. The molecule has 0 aliphatic carbocycles. The van der Waals surface area contributed by atoms with Crippen LogP contribution in [-0.2, 0) is 13.2 Å². The highest BCUT2D eigenvalue weighted by Crippen LogP contribution is 2.35. The molecule has 0 aromatic heterocycles. The van der Waals surface area contributed by atoms with Gasteiger partial charge in [0.15, 0.2) is 0 Å². The summed E-state index contributed by atoms with van der Waals surface area (Å²) in [5, 5.41) is 14.0. The van der Waals surface area contributed by atoms with Crippen LogP contribution in [-0.4, -0.2) is 4.92 Å². The number of nitrogens with zero attached hydrogens (tertiary/aromatic N) is 1. The SMILES string of the molecule is Cc1ccc(COc2c(Br)cc(CNc3ccc([N+](=O)[O-])cc3)cc2Br)cc1. The molecule has 0 radical (unpaired) electrons. The van der Waals surface area contributed by atoms with Gasteiger partial charge in [0, 0.05) is 24.4 Å². The Balaban J connectivity index is 1.64. The Labute approximate surface area is 180 Å². The van der Waals surface area contributed by atoms with E-state index in [-0.39, 0.29) is 5.69 Å². The number of anilines is 1. The minimum Gasteiger partial charge on any atom is -0.487 e. The number of hydrogen-bond acceptors (Lipinski definition) is 4. The molecule has 0 aliphatic rings. The maximum atomic E-state index is 10.7. The van der Waals surface area contributed by atoms with Crippen LogP contribution in [0.1, 0.15) is 16.7 Å². The third-order valence-corrected chi connectivity index (χ3v) is 5.31. The zero-order valence-corrected chi connectivity index (χ0v) is 18.3. The smallest absolute Gasteiger partial charge is 0.269 e. The number of non-ortho nitro benzene ring substituents is 1. The molecule has 0 bridgehead atoms. The molecule has 0 amide bonds. The Morgan fingerprint density at radius 1 is 0.964 bits per heavy atom. The minimum absolute atomic E-state index is 0.0751. The van der Waals surface area contributed by atoms with E-state index in [1.54, 1.807) is 12.1 Å². The highest BCUT2D eigenvalue weighted by molar-refractivity contribution is 9.11. The van der Waals surface area contributed by atoms with Crippen molar-refractivity contribution in [2.24, 2.45) is 0 Å². The van der Waals surface area contributed by atoms with Gasteiger partial charge in [0.2, 0.25) is 0 Å². The normalized spacial score (nSPS) is 10.5. The molecule has 0 heterocycles. The number of benzene rings is 3. The lowest BCUT2D eigenvalue weighted by Crippen LogP contribution is -2.02. The summed E-state index contributed by atoms with van der Waals surface area (Å²) in [7, 11) is 0. The van der Waals surface area contributed by atoms with Gasteiger partial charge in [-0.15, -0.1) is 0 Å². The number of ether oxygens (including phenoxy) is 1. The zero-order valence-electron chi connectivity index (χ0n) is 15.1. The van der Waals surface area contributed by atoms with Gasteiger partial charge in [-0.25, -0.2) is 0 Å². The van der Waals surface area contributed by atoms with Gasteiger partial charge in [-0.1, -0.05) is 29.8 Å². The van der Waals surface area contributed by atoms with Crippen molar-refractivity contribution in [3.8, 4) is 5.75 Å². The van der Waals surface area contributed by atoms with Gasteiger partial charge in [0.25, 0.3) is 5.69 Å². The summed E-state index contributed by atoms with van der Waals surface area (Å²) in [5.74, 6) is 0.750. The van der Waals surface area contributed by atoms with Crippen LogP contribution in [0.15, 0.2) is 69.6 Å². The number of halogens is 2. The quantitative estimate of drug-likeness (QED) is 0.289. The standard InChI is InChI=1S/C21H18Br2N2O3/c1-14-2-4-15(5-3-14)13-28-21-19(22)10-16(11-20(21)23)12-24-17-6-8-18(9-7-17)25(26)27/h2-11,24H,12-13H2,1H3. The van der Waals surface area contributed by atoms with E-state index in [4.69, 9.17) is 4.74 Å². The lowest BCUT2D eigenvalue weighted by Gasteiger charge is -2.13. The van der Waals surface area contributed by atoms with Crippen LogP contribution in [0, 0.1) is 17.0 Å². The lowest BCUT2D eigenvalue weighted by atomic mass is 10.2. The van der Waals surface area contributed by atoms with Gasteiger partial charge >= 0.3 is 0 Å². The van der Waals surface area contributed by atoms with Crippen LogP contribution < -0.4 is 10.1 Å². The van der Waals surface area contributed by atoms with E-state index in [1.165, 1.54) is 17.7 Å². The Morgan fingerprint density at radius 2 is 1.57 bits per heavy atom. The van der Waals surface area contributed by atoms with Gasteiger partial charge in [-0.3, -0.25) is 10.1 Å². The summed E-state index contributed by atoms with van der Waals surface area (Å²) in [6, 6.07) is 18.6. The molecule has 3 rings (SSSR count). The average molecular weight is 506 g/mol. The number of nitrogens with one attached hydrogen (secondary N) is 1. The molecule has 3 aromatic carbocycles. The minimum atomic E-state index is -0.409. The molecular weight excluding hydrogens is 488 g/mol. The van der Waals surface area contributed by atoms with E-state index in [9.17, 15) is 10.1 Å². The topological polar surface area (TPSA) is 64.4 Å². The lowest BCUT2D eigenvalue weighted by molar-refractivity contribution is -0.384. The van der Waals surface area contributed by atoms with Crippen molar-refractivity contribution in [2.45, 2.75) is 20.1 Å². The Hall–Kier alpha value is -2.38. The maximum absolute atomic E-state index is 10.7. The molecule has 28 heavy (non-hydrogen) atoms. The van der Waals surface area contributed by atoms with Crippen molar-refractivity contribution in [3.63, 3.8) is 0 Å². The largest absolute Gasteiger partial charge is 0.487 e. The van der Waals surface area contributed by atoms with Crippen molar-refractivity contribution in [2.75, 3.05) is 5.32 Å².